The van der Waals surface area contributed by atoms with E-state index in [0.29, 0.717) is 11.3 Å². The van der Waals surface area contributed by atoms with Crippen LogP contribution in [0.4, 0.5) is 0 Å². The Morgan fingerprint density at radius 1 is 1.07 bits per heavy atom. The smallest absolute Gasteiger partial charge is 0.195 e. The average molecular weight is 381 g/mol. The maximum absolute atomic E-state index is 13.1. The number of carbonyl (C=O) groups is 2. The molecule has 2 aromatic heterocycles. The molecule has 27 heavy (non-hydrogen) atoms. The Balaban J connectivity index is 1.88. The summed E-state index contributed by atoms with van der Waals surface area (Å²) >= 11 is 1.66. The number of benzene rings is 1. The van der Waals surface area contributed by atoms with Crippen LogP contribution in [0.25, 0.3) is 0 Å². The SMILES string of the molecule is CC(=O)c1c(C)[nH]c(C(=O)[C@H](C)N[C@H](c2ccccc2)c2cccs2)c1C. The Kier molecular flexibility index (Phi) is 5.73. The number of carbonyl (C=O) groups excluding carboxylic acids is 2. The van der Waals surface area contributed by atoms with Gasteiger partial charge in [-0.3, -0.25) is 14.9 Å². The Bertz CT molecular complexity index is 942. The number of aryl methyl sites for hydroxylation is 1. The number of aromatic nitrogens is 1. The Hall–Kier alpha value is -2.50. The maximum Gasteiger partial charge on any atom is 0.195 e. The number of thiophene rings is 1. The summed E-state index contributed by atoms with van der Waals surface area (Å²) in [5, 5.41) is 5.51. The summed E-state index contributed by atoms with van der Waals surface area (Å²) < 4.78 is 0. The number of rotatable bonds is 7. The first-order chi connectivity index (χ1) is 12.9. The third-order valence-electron chi connectivity index (χ3n) is 4.81. The van der Waals surface area contributed by atoms with Gasteiger partial charge in [-0.25, -0.2) is 0 Å². The minimum atomic E-state index is -0.408. The van der Waals surface area contributed by atoms with E-state index in [1.807, 2.05) is 50.4 Å². The van der Waals surface area contributed by atoms with E-state index in [1.165, 1.54) is 6.92 Å². The molecule has 0 saturated heterocycles. The number of hydrogen-bond donors (Lipinski definition) is 2. The highest BCUT2D eigenvalue weighted by Gasteiger charge is 2.26. The molecule has 0 saturated carbocycles. The number of aromatic amines is 1. The largest absolute Gasteiger partial charge is 0.355 e. The van der Waals surface area contributed by atoms with E-state index in [4.69, 9.17) is 0 Å². The fourth-order valence-electron chi connectivity index (χ4n) is 3.51. The highest BCUT2D eigenvalue weighted by Crippen LogP contribution is 2.27. The highest BCUT2D eigenvalue weighted by molar-refractivity contribution is 7.10. The van der Waals surface area contributed by atoms with Gasteiger partial charge >= 0.3 is 0 Å². The molecule has 0 aliphatic heterocycles. The first-order valence-corrected chi connectivity index (χ1v) is 9.86. The van der Waals surface area contributed by atoms with Crippen LogP contribution < -0.4 is 5.32 Å². The summed E-state index contributed by atoms with van der Waals surface area (Å²) in [6, 6.07) is 13.7. The highest BCUT2D eigenvalue weighted by atomic mass is 32.1. The molecule has 3 rings (SSSR count). The molecule has 0 unspecified atom stereocenters. The molecule has 0 bridgehead atoms. The first-order valence-electron chi connectivity index (χ1n) is 8.98. The lowest BCUT2D eigenvalue weighted by Crippen LogP contribution is -2.37. The molecule has 2 heterocycles. The van der Waals surface area contributed by atoms with Gasteiger partial charge in [-0.05, 0) is 50.3 Å². The number of ketones is 2. The minimum absolute atomic E-state index is 0.0262. The zero-order chi connectivity index (χ0) is 19.6. The van der Waals surface area contributed by atoms with Gasteiger partial charge < -0.3 is 4.98 Å². The lowest BCUT2D eigenvalue weighted by atomic mass is 10.0. The topological polar surface area (TPSA) is 62.0 Å². The molecule has 0 radical (unpaired) electrons. The number of nitrogens with one attached hydrogen (secondary N) is 2. The predicted molar refractivity (Wildman–Crippen MR) is 110 cm³/mol. The van der Waals surface area contributed by atoms with Crippen molar-refractivity contribution in [2.75, 3.05) is 0 Å². The average Bonchev–Trinajstić information content (AvgIpc) is 3.27. The predicted octanol–water partition coefficient (Wildman–Crippen LogP) is 4.85. The normalized spacial score (nSPS) is 13.3. The minimum Gasteiger partial charge on any atom is -0.355 e. The van der Waals surface area contributed by atoms with Crippen molar-refractivity contribution in [2.45, 2.75) is 39.8 Å². The molecule has 2 atom stereocenters. The molecule has 5 heteroatoms. The van der Waals surface area contributed by atoms with Gasteiger partial charge in [0, 0.05) is 16.1 Å². The van der Waals surface area contributed by atoms with Crippen LogP contribution in [0.3, 0.4) is 0 Å². The van der Waals surface area contributed by atoms with Gasteiger partial charge in [0.2, 0.25) is 0 Å². The molecular formula is C22H24N2O2S. The van der Waals surface area contributed by atoms with Crippen LogP contribution in [0.2, 0.25) is 0 Å². The maximum atomic E-state index is 13.1. The van der Waals surface area contributed by atoms with Gasteiger partial charge in [-0.15, -0.1) is 11.3 Å². The van der Waals surface area contributed by atoms with Crippen molar-refractivity contribution in [1.82, 2.24) is 10.3 Å². The van der Waals surface area contributed by atoms with Gasteiger partial charge in [0.15, 0.2) is 11.6 Å². The molecule has 1 aromatic carbocycles. The van der Waals surface area contributed by atoms with Crippen LogP contribution in [-0.2, 0) is 0 Å². The zero-order valence-electron chi connectivity index (χ0n) is 16.0. The van der Waals surface area contributed by atoms with Gasteiger partial charge in [-0.1, -0.05) is 36.4 Å². The molecule has 0 fully saturated rings. The quantitative estimate of drug-likeness (QED) is 0.576. The van der Waals surface area contributed by atoms with Crippen LogP contribution >= 0.6 is 11.3 Å². The van der Waals surface area contributed by atoms with E-state index in [-0.39, 0.29) is 17.6 Å². The van der Waals surface area contributed by atoms with E-state index in [9.17, 15) is 9.59 Å². The van der Waals surface area contributed by atoms with Crippen LogP contribution in [-0.4, -0.2) is 22.6 Å². The van der Waals surface area contributed by atoms with Crippen molar-refractivity contribution < 1.29 is 9.59 Å². The molecule has 4 nitrogen and oxygen atoms in total. The first kappa shape index (κ1) is 19.3. The molecule has 3 aromatic rings. The zero-order valence-corrected chi connectivity index (χ0v) is 16.8. The third-order valence-corrected chi connectivity index (χ3v) is 5.74. The van der Waals surface area contributed by atoms with E-state index in [2.05, 4.69) is 28.5 Å². The number of Topliss-reactive ketones (excluding diaryl/α,β-unsaturated/α-hetero) is 2. The van der Waals surface area contributed by atoms with Crippen LogP contribution in [0.15, 0.2) is 47.8 Å². The van der Waals surface area contributed by atoms with Crippen molar-refractivity contribution in [3.05, 3.63) is 80.8 Å². The van der Waals surface area contributed by atoms with E-state index in [0.717, 1.165) is 21.7 Å². The lowest BCUT2D eigenvalue weighted by Gasteiger charge is -2.22. The third kappa shape index (κ3) is 3.94. The molecule has 2 N–H and O–H groups in total. The van der Waals surface area contributed by atoms with Crippen molar-refractivity contribution in [1.29, 1.82) is 0 Å². The Morgan fingerprint density at radius 3 is 2.33 bits per heavy atom. The lowest BCUT2D eigenvalue weighted by molar-refractivity contribution is 0.0942. The van der Waals surface area contributed by atoms with Crippen LogP contribution in [0, 0.1) is 13.8 Å². The van der Waals surface area contributed by atoms with Gasteiger partial charge in [0.25, 0.3) is 0 Å². The second-order valence-corrected chi connectivity index (χ2v) is 7.77. The van der Waals surface area contributed by atoms with E-state index >= 15 is 0 Å². The summed E-state index contributed by atoms with van der Waals surface area (Å²) in [5.74, 6) is -0.0674. The summed E-state index contributed by atoms with van der Waals surface area (Å²) in [5.41, 5.74) is 3.71. The Labute approximate surface area is 163 Å². The van der Waals surface area contributed by atoms with Gasteiger partial charge in [0.05, 0.1) is 17.8 Å². The number of H-pyrrole nitrogens is 1. The van der Waals surface area contributed by atoms with Gasteiger partial charge in [-0.2, -0.15) is 0 Å². The second kappa shape index (κ2) is 8.03. The molecular weight excluding hydrogens is 356 g/mol. The molecule has 0 spiro atoms. The molecule has 0 amide bonds. The second-order valence-electron chi connectivity index (χ2n) is 6.79. The van der Waals surface area contributed by atoms with Crippen LogP contribution in [0.5, 0.6) is 0 Å². The van der Waals surface area contributed by atoms with E-state index in [1.54, 1.807) is 11.3 Å². The van der Waals surface area contributed by atoms with Crippen LogP contribution in [0.1, 0.15) is 62.4 Å². The van der Waals surface area contributed by atoms with Crippen molar-refractivity contribution >= 4 is 22.9 Å². The fraction of sp³-hybridized carbons (Fsp3) is 0.273. The summed E-state index contributed by atoms with van der Waals surface area (Å²) in [4.78, 5) is 29.2. The summed E-state index contributed by atoms with van der Waals surface area (Å²) in [6.45, 7) is 7.06. The van der Waals surface area contributed by atoms with E-state index < -0.39 is 6.04 Å². The standard InChI is InChI=1S/C22H24N2O2S/c1-13-19(16(4)25)14(2)23-20(13)22(26)15(3)24-21(18-11-8-12-27-18)17-9-6-5-7-10-17/h5-12,15,21,23-24H,1-4H3/t15-,21+/m0/s1. The molecule has 0 aliphatic carbocycles. The molecule has 140 valence electrons. The van der Waals surface area contributed by atoms with Gasteiger partial charge in [0.1, 0.15) is 0 Å². The monoisotopic (exact) mass is 380 g/mol. The Morgan fingerprint density at radius 2 is 1.78 bits per heavy atom. The summed E-state index contributed by atoms with van der Waals surface area (Å²) in [7, 11) is 0. The van der Waals surface area contributed by atoms with Crippen molar-refractivity contribution in [3.63, 3.8) is 0 Å². The van der Waals surface area contributed by atoms with Crippen molar-refractivity contribution in [3.8, 4) is 0 Å². The van der Waals surface area contributed by atoms with Crippen molar-refractivity contribution in [2.24, 2.45) is 0 Å². The number of hydrogen-bond acceptors (Lipinski definition) is 4. The fourth-order valence-corrected chi connectivity index (χ4v) is 4.32. The summed E-state index contributed by atoms with van der Waals surface area (Å²) in [6.07, 6.45) is 0. The molecule has 0 aliphatic rings.